The zero-order valence-electron chi connectivity index (χ0n) is 13.8. The molecule has 1 aromatic rings. The third kappa shape index (κ3) is 5.74. The first kappa shape index (κ1) is 17.5. The van der Waals surface area contributed by atoms with E-state index < -0.39 is 0 Å². The molecule has 1 rings (SSSR count). The van der Waals surface area contributed by atoms with E-state index in [1.807, 2.05) is 12.1 Å². The van der Waals surface area contributed by atoms with Gasteiger partial charge in [-0.15, -0.1) is 0 Å². The van der Waals surface area contributed by atoms with Crippen LogP contribution >= 0.6 is 0 Å². The number of pyridine rings is 1. The number of rotatable bonds is 9. The van der Waals surface area contributed by atoms with Gasteiger partial charge in [-0.1, -0.05) is 40.5 Å². The van der Waals surface area contributed by atoms with Crippen molar-refractivity contribution in [1.82, 2.24) is 10.3 Å². The fraction of sp³-hybridized carbons (Fsp3) is 0.647. The van der Waals surface area contributed by atoms with E-state index in [1.165, 1.54) is 0 Å². The molecule has 0 bridgehead atoms. The number of anilines is 1. The van der Waals surface area contributed by atoms with Crippen molar-refractivity contribution < 1.29 is 4.79 Å². The summed E-state index contributed by atoms with van der Waals surface area (Å²) in [6.07, 6.45) is 4.05. The Labute approximate surface area is 128 Å². The second-order valence-corrected chi connectivity index (χ2v) is 5.41. The van der Waals surface area contributed by atoms with Crippen LogP contribution in [0.1, 0.15) is 63.0 Å². The van der Waals surface area contributed by atoms with E-state index in [4.69, 9.17) is 0 Å². The fourth-order valence-electron chi connectivity index (χ4n) is 2.16. The largest absolute Gasteiger partial charge is 0.370 e. The predicted molar refractivity (Wildman–Crippen MR) is 88.8 cm³/mol. The molecule has 1 heterocycles. The summed E-state index contributed by atoms with van der Waals surface area (Å²) in [7, 11) is 0. The van der Waals surface area contributed by atoms with Crippen molar-refractivity contribution in [2.24, 2.45) is 5.92 Å². The minimum Gasteiger partial charge on any atom is -0.370 e. The highest BCUT2D eigenvalue weighted by Gasteiger charge is 2.11. The molecule has 0 aromatic carbocycles. The van der Waals surface area contributed by atoms with Crippen molar-refractivity contribution in [1.29, 1.82) is 0 Å². The number of carbonyl (C=O) groups is 1. The van der Waals surface area contributed by atoms with Gasteiger partial charge in [0.2, 0.25) is 0 Å². The Bertz CT molecular complexity index is 442. The summed E-state index contributed by atoms with van der Waals surface area (Å²) < 4.78 is 0. The molecule has 21 heavy (non-hydrogen) atoms. The molecule has 0 atom stereocenters. The summed E-state index contributed by atoms with van der Waals surface area (Å²) in [6, 6.07) is 3.73. The Kier molecular flexibility index (Phi) is 7.80. The SMILES string of the molecule is CCCNc1cc(C(=O)NCC(CC)CC)cc(CC)n1. The molecule has 0 saturated carbocycles. The lowest BCUT2D eigenvalue weighted by Gasteiger charge is -2.14. The van der Waals surface area contributed by atoms with Gasteiger partial charge >= 0.3 is 0 Å². The van der Waals surface area contributed by atoms with Crippen LogP contribution in [0.15, 0.2) is 12.1 Å². The number of aromatic nitrogens is 1. The molecule has 0 unspecified atom stereocenters. The number of hydrogen-bond acceptors (Lipinski definition) is 3. The first-order valence-corrected chi connectivity index (χ1v) is 8.17. The molecule has 0 radical (unpaired) electrons. The molecule has 0 fully saturated rings. The first-order chi connectivity index (χ1) is 10.1. The third-order valence-electron chi connectivity index (χ3n) is 3.76. The van der Waals surface area contributed by atoms with Crippen LogP contribution in [-0.4, -0.2) is 24.0 Å². The van der Waals surface area contributed by atoms with Gasteiger partial charge in [-0.25, -0.2) is 4.98 Å². The number of carbonyl (C=O) groups excluding carboxylic acids is 1. The number of aryl methyl sites for hydroxylation is 1. The van der Waals surface area contributed by atoms with Gasteiger partial charge in [-0.2, -0.15) is 0 Å². The van der Waals surface area contributed by atoms with Crippen LogP contribution in [0.2, 0.25) is 0 Å². The summed E-state index contributed by atoms with van der Waals surface area (Å²) in [5, 5.41) is 6.30. The minimum atomic E-state index is -0.00134. The quantitative estimate of drug-likeness (QED) is 0.730. The van der Waals surface area contributed by atoms with E-state index in [2.05, 4.69) is 43.3 Å². The lowest BCUT2D eigenvalue weighted by atomic mass is 10.0. The van der Waals surface area contributed by atoms with E-state index in [0.29, 0.717) is 11.5 Å². The highest BCUT2D eigenvalue weighted by atomic mass is 16.1. The summed E-state index contributed by atoms with van der Waals surface area (Å²) in [4.78, 5) is 16.8. The van der Waals surface area contributed by atoms with Crippen LogP contribution < -0.4 is 10.6 Å². The smallest absolute Gasteiger partial charge is 0.251 e. The van der Waals surface area contributed by atoms with E-state index in [9.17, 15) is 4.79 Å². The van der Waals surface area contributed by atoms with Gasteiger partial charge in [0.25, 0.3) is 5.91 Å². The standard InChI is InChI=1S/C17H29N3O/c1-5-9-18-16-11-14(10-15(8-4)20-16)17(21)19-12-13(6-2)7-3/h10-11,13H,5-9,12H2,1-4H3,(H,18,20)(H,19,21). The molecule has 1 amide bonds. The molecule has 0 saturated heterocycles. The summed E-state index contributed by atoms with van der Waals surface area (Å²) in [5.41, 5.74) is 1.65. The molecule has 4 heteroatoms. The zero-order valence-corrected chi connectivity index (χ0v) is 13.8. The predicted octanol–water partition coefficient (Wildman–Crippen LogP) is 3.63. The minimum absolute atomic E-state index is 0.00134. The van der Waals surface area contributed by atoms with Gasteiger partial charge in [0.15, 0.2) is 0 Å². The summed E-state index contributed by atoms with van der Waals surface area (Å²) >= 11 is 0. The first-order valence-electron chi connectivity index (χ1n) is 8.17. The highest BCUT2D eigenvalue weighted by Crippen LogP contribution is 2.12. The maximum Gasteiger partial charge on any atom is 0.251 e. The molecule has 0 aliphatic heterocycles. The van der Waals surface area contributed by atoms with Crippen molar-refractivity contribution >= 4 is 11.7 Å². The van der Waals surface area contributed by atoms with Crippen LogP contribution in [0.3, 0.4) is 0 Å². The maximum absolute atomic E-state index is 12.3. The molecule has 118 valence electrons. The van der Waals surface area contributed by atoms with Gasteiger partial charge in [-0.05, 0) is 30.9 Å². The van der Waals surface area contributed by atoms with Gasteiger partial charge < -0.3 is 10.6 Å². The average Bonchev–Trinajstić information content (AvgIpc) is 2.53. The lowest BCUT2D eigenvalue weighted by molar-refractivity contribution is 0.0946. The van der Waals surface area contributed by atoms with Crippen molar-refractivity contribution in [3.05, 3.63) is 23.4 Å². The Morgan fingerprint density at radius 3 is 2.48 bits per heavy atom. The van der Waals surface area contributed by atoms with Crippen molar-refractivity contribution in [3.8, 4) is 0 Å². The van der Waals surface area contributed by atoms with Crippen molar-refractivity contribution in [2.45, 2.75) is 53.4 Å². The highest BCUT2D eigenvalue weighted by molar-refractivity contribution is 5.95. The third-order valence-corrected chi connectivity index (χ3v) is 3.76. The Morgan fingerprint density at radius 2 is 1.90 bits per heavy atom. The molecule has 0 aliphatic carbocycles. The average molecular weight is 291 g/mol. The van der Waals surface area contributed by atoms with Crippen LogP contribution in [0.5, 0.6) is 0 Å². The molecule has 4 nitrogen and oxygen atoms in total. The maximum atomic E-state index is 12.3. The van der Waals surface area contributed by atoms with Gasteiger partial charge in [0.1, 0.15) is 5.82 Å². The Balaban J connectivity index is 2.77. The Morgan fingerprint density at radius 1 is 1.19 bits per heavy atom. The number of nitrogens with zero attached hydrogens (tertiary/aromatic N) is 1. The van der Waals surface area contributed by atoms with Crippen molar-refractivity contribution in [2.75, 3.05) is 18.4 Å². The lowest BCUT2D eigenvalue weighted by Crippen LogP contribution is -2.29. The topological polar surface area (TPSA) is 54.0 Å². The van der Waals surface area contributed by atoms with Gasteiger partial charge in [0.05, 0.1) is 0 Å². The molecule has 0 aliphatic rings. The zero-order chi connectivity index (χ0) is 15.7. The molecule has 1 aromatic heterocycles. The van der Waals surface area contributed by atoms with Crippen LogP contribution in [-0.2, 0) is 6.42 Å². The normalized spacial score (nSPS) is 10.7. The van der Waals surface area contributed by atoms with Crippen LogP contribution in [0, 0.1) is 5.92 Å². The Hall–Kier alpha value is -1.58. The molecule has 2 N–H and O–H groups in total. The molecular weight excluding hydrogens is 262 g/mol. The summed E-state index contributed by atoms with van der Waals surface area (Å²) in [5.74, 6) is 1.35. The van der Waals surface area contributed by atoms with Gasteiger partial charge in [-0.3, -0.25) is 4.79 Å². The summed E-state index contributed by atoms with van der Waals surface area (Å²) in [6.45, 7) is 10.1. The van der Waals surface area contributed by atoms with E-state index >= 15 is 0 Å². The van der Waals surface area contributed by atoms with E-state index in [-0.39, 0.29) is 5.91 Å². The monoisotopic (exact) mass is 291 g/mol. The van der Waals surface area contributed by atoms with E-state index in [0.717, 1.165) is 50.3 Å². The molecule has 0 spiro atoms. The number of hydrogen-bond donors (Lipinski definition) is 2. The second-order valence-electron chi connectivity index (χ2n) is 5.41. The van der Waals surface area contributed by atoms with Gasteiger partial charge in [0, 0.05) is 24.3 Å². The number of amides is 1. The molecular formula is C17H29N3O. The van der Waals surface area contributed by atoms with Crippen LogP contribution in [0.25, 0.3) is 0 Å². The second kappa shape index (κ2) is 9.37. The van der Waals surface area contributed by atoms with E-state index in [1.54, 1.807) is 0 Å². The fourth-order valence-corrected chi connectivity index (χ4v) is 2.16. The van der Waals surface area contributed by atoms with Crippen LogP contribution in [0.4, 0.5) is 5.82 Å². The van der Waals surface area contributed by atoms with Crippen molar-refractivity contribution in [3.63, 3.8) is 0 Å². The number of nitrogens with one attached hydrogen (secondary N) is 2.